The summed E-state index contributed by atoms with van der Waals surface area (Å²) in [5, 5.41) is 2.68. The van der Waals surface area contributed by atoms with Crippen LogP contribution in [0.5, 0.6) is 0 Å². The largest absolute Gasteiger partial charge is 0.390 e. The second kappa shape index (κ2) is 4.45. The predicted octanol–water partition coefficient (Wildman–Crippen LogP) is 2.49. The lowest BCUT2D eigenvalue weighted by Crippen LogP contribution is -2.15. The third-order valence-corrected chi connectivity index (χ3v) is 1.56. The van der Waals surface area contributed by atoms with Gasteiger partial charge in [0.2, 0.25) is 0 Å². The summed E-state index contributed by atoms with van der Waals surface area (Å²) in [4.78, 5) is 7.27. The maximum atomic E-state index is 11.7. The Morgan fingerprint density at radius 3 is 2.64 bits per heavy atom. The van der Waals surface area contributed by atoms with Gasteiger partial charge >= 0.3 is 6.18 Å². The van der Waals surface area contributed by atoms with Crippen molar-refractivity contribution in [3.05, 3.63) is 17.5 Å². The Morgan fingerprint density at radius 1 is 1.36 bits per heavy atom. The van der Waals surface area contributed by atoms with Crippen LogP contribution in [0.15, 0.2) is 12.4 Å². The first-order valence-corrected chi connectivity index (χ1v) is 4.13. The van der Waals surface area contributed by atoms with E-state index in [4.69, 9.17) is 11.6 Å². The Balaban J connectivity index is 2.39. The summed E-state index contributed by atoms with van der Waals surface area (Å²) in [6.07, 6.45) is -3.89. The fraction of sp³-hybridized carbons (Fsp3) is 0.429. The molecule has 1 rings (SSSR count). The van der Waals surface area contributed by atoms with Crippen LogP contribution in [0.25, 0.3) is 0 Å². The van der Waals surface area contributed by atoms with Gasteiger partial charge < -0.3 is 5.32 Å². The summed E-state index contributed by atoms with van der Waals surface area (Å²) < 4.78 is 35.2. The third-order valence-electron chi connectivity index (χ3n) is 1.35. The molecule has 0 bridgehead atoms. The SMILES string of the molecule is FC(F)(F)CCNc1cc(Cl)ncn1. The number of nitrogens with one attached hydrogen (secondary N) is 1. The van der Waals surface area contributed by atoms with Crippen LogP contribution in [-0.2, 0) is 0 Å². The minimum atomic E-state index is -4.16. The van der Waals surface area contributed by atoms with Gasteiger partial charge in [-0.15, -0.1) is 0 Å². The first kappa shape index (κ1) is 11.0. The number of anilines is 1. The van der Waals surface area contributed by atoms with Crippen LogP contribution in [-0.4, -0.2) is 22.7 Å². The number of hydrogen-bond acceptors (Lipinski definition) is 3. The molecule has 0 aliphatic carbocycles. The maximum absolute atomic E-state index is 11.7. The van der Waals surface area contributed by atoms with Gasteiger partial charge in [0, 0.05) is 12.6 Å². The highest BCUT2D eigenvalue weighted by molar-refractivity contribution is 6.29. The molecule has 3 nitrogen and oxygen atoms in total. The van der Waals surface area contributed by atoms with Crippen LogP contribution < -0.4 is 5.32 Å². The van der Waals surface area contributed by atoms with E-state index in [1.807, 2.05) is 0 Å². The molecule has 78 valence electrons. The minimum Gasteiger partial charge on any atom is -0.370 e. The van der Waals surface area contributed by atoms with Crippen LogP contribution in [0.1, 0.15) is 6.42 Å². The molecule has 0 fully saturated rings. The summed E-state index contributed by atoms with van der Waals surface area (Å²) in [5.41, 5.74) is 0. The van der Waals surface area contributed by atoms with Crippen molar-refractivity contribution in [2.75, 3.05) is 11.9 Å². The molecule has 0 saturated carbocycles. The van der Waals surface area contributed by atoms with Gasteiger partial charge in [-0.2, -0.15) is 13.2 Å². The van der Waals surface area contributed by atoms with E-state index in [-0.39, 0.29) is 17.5 Å². The standard InChI is InChI=1S/C7H7ClF3N3/c8-5-3-6(14-4-13-5)12-2-1-7(9,10)11/h3-4H,1-2H2,(H,12,13,14). The molecule has 0 spiro atoms. The number of hydrogen-bond donors (Lipinski definition) is 1. The van der Waals surface area contributed by atoms with E-state index in [9.17, 15) is 13.2 Å². The zero-order valence-electron chi connectivity index (χ0n) is 6.98. The highest BCUT2D eigenvalue weighted by atomic mass is 35.5. The Bertz CT molecular complexity index is 302. The monoisotopic (exact) mass is 225 g/mol. The summed E-state index contributed by atoms with van der Waals surface area (Å²) in [7, 11) is 0. The van der Waals surface area contributed by atoms with Gasteiger partial charge in [-0.05, 0) is 0 Å². The molecule has 0 radical (unpaired) electrons. The van der Waals surface area contributed by atoms with Crippen LogP contribution in [0.2, 0.25) is 5.15 Å². The molecular weight excluding hydrogens is 219 g/mol. The number of halogens is 4. The highest BCUT2D eigenvalue weighted by Crippen LogP contribution is 2.19. The Labute approximate surface area is 83.3 Å². The average molecular weight is 226 g/mol. The normalized spacial score (nSPS) is 11.4. The molecule has 7 heteroatoms. The van der Waals surface area contributed by atoms with E-state index < -0.39 is 12.6 Å². The number of rotatable bonds is 3. The Morgan fingerprint density at radius 2 is 2.07 bits per heavy atom. The Hall–Kier alpha value is -1.04. The molecule has 0 unspecified atom stereocenters. The van der Waals surface area contributed by atoms with Gasteiger partial charge in [0.15, 0.2) is 0 Å². The fourth-order valence-electron chi connectivity index (χ4n) is 0.763. The summed E-state index contributed by atoms with van der Waals surface area (Å²) in [5.74, 6) is 0.286. The van der Waals surface area contributed by atoms with Crippen molar-refractivity contribution in [1.29, 1.82) is 0 Å². The van der Waals surface area contributed by atoms with Crippen molar-refractivity contribution in [3.8, 4) is 0 Å². The van der Waals surface area contributed by atoms with E-state index >= 15 is 0 Å². The smallest absolute Gasteiger partial charge is 0.370 e. The quantitative estimate of drug-likeness (QED) is 0.804. The lowest BCUT2D eigenvalue weighted by Gasteiger charge is -2.07. The second-order valence-electron chi connectivity index (χ2n) is 2.52. The molecule has 14 heavy (non-hydrogen) atoms. The summed E-state index contributed by atoms with van der Waals surface area (Å²) >= 11 is 5.50. The molecule has 1 heterocycles. The van der Waals surface area contributed by atoms with Crippen molar-refractivity contribution in [2.24, 2.45) is 0 Å². The molecule has 1 aromatic heterocycles. The van der Waals surface area contributed by atoms with Crippen molar-refractivity contribution < 1.29 is 13.2 Å². The number of nitrogens with zero attached hydrogens (tertiary/aromatic N) is 2. The van der Waals surface area contributed by atoms with Crippen molar-refractivity contribution in [1.82, 2.24) is 9.97 Å². The molecular formula is C7H7ClF3N3. The average Bonchev–Trinajstić information content (AvgIpc) is 2.01. The second-order valence-corrected chi connectivity index (χ2v) is 2.91. The summed E-state index contributed by atoms with van der Waals surface area (Å²) in [6, 6.07) is 1.36. The van der Waals surface area contributed by atoms with Crippen LogP contribution in [0.3, 0.4) is 0 Å². The molecule has 0 atom stereocenters. The highest BCUT2D eigenvalue weighted by Gasteiger charge is 2.26. The summed E-state index contributed by atoms with van der Waals surface area (Å²) in [6.45, 7) is -0.225. The fourth-order valence-corrected chi connectivity index (χ4v) is 0.910. The molecule has 0 aromatic carbocycles. The van der Waals surface area contributed by atoms with Gasteiger partial charge in [-0.25, -0.2) is 9.97 Å². The van der Waals surface area contributed by atoms with Gasteiger partial charge in [0.1, 0.15) is 17.3 Å². The van der Waals surface area contributed by atoms with E-state index in [1.165, 1.54) is 12.4 Å². The lowest BCUT2D eigenvalue weighted by atomic mass is 10.4. The maximum Gasteiger partial charge on any atom is 0.390 e. The molecule has 0 aliphatic rings. The van der Waals surface area contributed by atoms with Gasteiger partial charge in [-0.3, -0.25) is 0 Å². The predicted molar refractivity (Wildman–Crippen MR) is 46.2 cm³/mol. The van der Waals surface area contributed by atoms with E-state index in [1.54, 1.807) is 0 Å². The first-order chi connectivity index (χ1) is 6.47. The van der Waals surface area contributed by atoms with Gasteiger partial charge in [-0.1, -0.05) is 11.6 Å². The van der Waals surface area contributed by atoms with E-state index in [0.717, 1.165) is 0 Å². The number of aromatic nitrogens is 2. The van der Waals surface area contributed by atoms with Crippen molar-refractivity contribution in [2.45, 2.75) is 12.6 Å². The Kier molecular flexibility index (Phi) is 3.51. The van der Waals surface area contributed by atoms with Crippen molar-refractivity contribution in [3.63, 3.8) is 0 Å². The van der Waals surface area contributed by atoms with Gasteiger partial charge in [0.05, 0.1) is 6.42 Å². The molecule has 0 saturated heterocycles. The molecule has 0 aliphatic heterocycles. The molecule has 1 aromatic rings. The molecule has 0 amide bonds. The first-order valence-electron chi connectivity index (χ1n) is 3.75. The van der Waals surface area contributed by atoms with Crippen molar-refractivity contribution >= 4 is 17.4 Å². The third kappa shape index (κ3) is 4.27. The zero-order valence-corrected chi connectivity index (χ0v) is 7.73. The van der Waals surface area contributed by atoms with E-state index in [2.05, 4.69) is 15.3 Å². The lowest BCUT2D eigenvalue weighted by molar-refractivity contribution is -0.131. The van der Waals surface area contributed by atoms with Crippen LogP contribution in [0, 0.1) is 0 Å². The number of alkyl halides is 3. The van der Waals surface area contributed by atoms with Gasteiger partial charge in [0.25, 0.3) is 0 Å². The van der Waals surface area contributed by atoms with Crippen LogP contribution >= 0.6 is 11.6 Å². The minimum absolute atomic E-state index is 0.189. The zero-order chi connectivity index (χ0) is 10.6. The topological polar surface area (TPSA) is 37.8 Å². The van der Waals surface area contributed by atoms with E-state index in [0.29, 0.717) is 0 Å². The van der Waals surface area contributed by atoms with Crippen LogP contribution in [0.4, 0.5) is 19.0 Å². The molecule has 1 N–H and O–H groups in total.